The van der Waals surface area contributed by atoms with Crippen LogP contribution < -0.4 is 16.0 Å². The van der Waals surface area contributed by atoms with Crippen LogP contribution in [0.3, 0.4) is 0 Å². The fourth-order valence-corrected chi connectivity index (χ4v) is 6.25. The van der Waals surface area contributed by atoms with Gasteiger partial charge < -0.3 is 20.9 Å². The van der Waals surface area contributed by atoms with Gasteiger partial charge in [0, 0.05) is 30.2 Å². The molecule has 2 aliphatic carbocycles. The van der Waals surface area contributed by atoms with Gasteiger partial charge in [-0.25, -0.2) is 4.79 Å². The van der Waals surface area contributed by atoms with Crippen LogP contribution in [0.4, 0.5) is 4.79 Å². The molecule has 2 amide bonds. The van der Waals surface area contributed by atoms with Crippen molar-refractivity contribution < 1.29 is 4.79 Å². The zero-order valence-electron chi connectivity index (χ0n) is 16.5. The summed E-state index contributed by atoms with van der Waals surface area (Å²) >= 11 is 5.80. The number of piperidine rings is 1. The molecule has 27 heavy (non-hydrogen) atoms. The highest BCUT2D eigenvalue weighted by Gasteiger charge is 2.42. The first kappa shape index (κ1) is 19.3. The molecule has 2 bridgehead atoms. The molecule has 5 nitrogen and oxygen atoms in total. The summed E-state index contributed by atoms with van der Waals surface area (Å²) in [6, 6.07) is 2.27. The van der Waals surface area contributed by atoms with Crippen molar-refractivity contribution in [2.75, 3.05) is 0 Å². The molecule has 2 saturated carbocycles. The SMILES string of the molecule is O=C(NC1CCCCC1)NC1C[C@H]2CC[C@@H](C1)N2C(=S)NC1CCCCC1. The van der Waals surface area contributed by atoms with E-state index in [1.165, 1.54) is 64.2 Å². The molecule has 0 aromatic rings. The van der Waals surface area contributed by atoms with Gasteiger partial charge in [-0.1, -0.05) is 38.5 Å². The smallest absolute Gasteiger partial charge is 0.315 e. The van der Waals surface area contributed by atoms with Crippen molar-refractivity contribution in [3.8, 4) is 0 Å². The Morgan fingerprint density at radius 3 is 1.70 bits per heavy atom. The molecule has 0 aromatic carbocycles. The lowest BCUT2D eigenvalue weighted by molar-refractivity contribution is 0.184. The van der Waals surface area contributed by atoms with Crippen molar-refractivity contribution in [1.29, 1.82) is 0 Å². The molecule has 1 unspecified atom stereocenters. The van der Waals surface area contributed by atoms with E-state index >= 15 is 0 Å². The third-order valence-corrected chi connectivity index (χ3v) is 7.50. The summed E-state index contributed by atoms with van der Waals surface area (Å²) in [6.45, 7) is 0. The van der Waals surface area contributed by atoms with Crippen molar-refractivity contribution in [1.82, 2.24) is 20.9 Å². The summed E-state index contributed by atoms with van der Waals surface area (Å²) < 4.78 is 0. The van der Waals surface area contributed by atoms with Gasteiger partial charge in [0.1, 0.15) is 0 Å². The second-order valence-electron chi connectivity index (χ2n) is 9.20. The monoisotopic (exact) mass is 392 g/mol. The third-order valence-electron chi connectivity index (χ3n) is 7.18. The zero-order chi connectivity index (χ0) is 18.6. The summed E-state index contributed by atoms with van der Waals surface area (Å²) in [5.41, 5.74) is 0. The lowest BCUT2D eigenvalue weighted by Crippen LogP contribution is -2.57. The van der Waals surface area contributed by atoms with Crippen molar-refractivity contribution in [2.45, 2.75) is 120 Å². The van der Waals surface area contributed by atoms with Gasteiger partial charge in [0.05, 0.1) is 0 Å². The number of rotatable bonds is 3. The number of urea groups is 1. The van der Waals surface area contributed by atoms with Crippen LogP contribution in [0.15, 0.2) is 0 Å². The van der Waals surface area contributed by atoms with E-state index in [0.717, 1.165) is 30.8 Å². The summed E-state index contributed by atoms with van der Waals surface area (Å²) in [4.78, 5) is 14.9. The Morgan fingerprint density at radius 1 is 0.667 bits per heavy atom. The van der Waals surface area contributed by atoms with Gasteiger partial charge in [0.15, 0.2) is 5.11 Å². The first-order valence-corrected chi connectivity index (χ1v) is 11.8. The molecule has 4 fully saturated rings. The molecule has 152 valence electrons. The van der Waals surface area contributed by atoms with E-state index < -0.39 is 0 Å². The Labute approximate surface area is 169 Å². The first-order valence-electron chi connectivity index (χ1n) is 11.3. The highest BCUT2D eigenvalue weighted by molar-refractivity contribution is 7.80. The van der Waals surface area contributed by atoms with Crippen molar-refractivity contribution in [3.63, 3.8) is 0 Å². The van der Waals surface area contributed by atoms with Crippen LogP contribution in [0.2, 0.25) is 0 Å². The minimum absolute atomic E-state index is 0.0441. The number of nitrogens with one attached hydrogen (secondary N) is 3. The average Bonchev–Trinajstić information content (AvgIpc) is 2.94. The van der Waals surface area contributed by atoms with Crippen LogP contribution >= 0.6 is 12.2 Å². The Balaban J connectivity index is 1.25. The predicted molar refractivity (Wildman–Crippen MR) is 113 cm³/mol. The number of thiocarbonyl (C=S) groups is 1. The van der Waals surface area contributed by atoms with E-state index in [1.54, 1.807) is 0 Å². The van der Waals surface area contributed by atoms with Crippen LogP contribution in [-0.2, 0) is 0 Å². The van der Waals surface area contributed by atoms with Gasteiger partial charge in [-0.05, 0) is 63.6 Å². The fraction of sp³-hybridized carbons (Fsp3) is 0.905. The molecule has 0 radical (unpaired) electrons. The molecule has 2 heterocycles. The lowest BCUT2D eigenvalue weighted by Gasteiger charge is -2.42. The van der Waals surface area contributed by atoms with Crippen molar-refractivity contribution >= 4 is 23.4 Å². The Bertz CT molecular complexity index is 516. The lowest BCUT2D eigenvalue weighted by atomic mass is 9.95. The molecule has 0 aromatic heterocycles. The minimum atomic E-state index is 0.0441. The number of amides is 2. The summed E-state index contributed by atoms with van der Waals surface area (Å²) in [7, 11) is 0. The predicted octanol–water partition coefficient (Wildman–Crippen LogP) is 3.82. The molecule has 0 spiro atoms. The molecule has 2 aliphatic heterocycles. The number of fused-ring (bicyclic) bond motifs is 2. The van der Waals surface area contributed by atoms with Gasteiger partial charge in [-0.3, -0.25) is 0 Å². The van der Waals surface area contributed by atoms with E-state index in [9.17, 15) is 4.79 Å². The molecule has 3 atom stereocenters. The Kier molecular flexibility index (Phi) is 6.41. The van der Waals surface area contributed by atoms with Crippen molar-refractivity contribution in [3.05, 3.63) is 0 Å². The summed E-state index contributed by atoms with van der Waals surface area (Å²) in [5, 5.41) is 11.1. The Morgan fingerprint density at radius 2 is 1.15 bits per heavy atom. The molecule has 6 heteroatoms. The quantitative estimate of drug-likeness (QED) is 0.639. The standard InChI is InChI=1S/C21H36N4OS/c26-20(22-15-7-3-1-4-8-15)23-17-13-18-11-12-19(14-17)25(18)21(27)24-16-9-5-2-6-10-16/h15-19H,1-14H2,(H,24,27)(H2,22,23,26)/t17?,18-,19+. The number of nitrogens with zero attached hydrogens (tertiary/aromatic N) is 1. The van der Waals surface area contributed by atoms with E-state index in [4.69, 9.17) is 12.2 Å². The van der Waals surface area contributed by atoms with Crippen LogP contribution in [0, 0.1) is 0 Å². The van der Waals surface area contributed by atoms with E-state index in [0.29, 0.717) is 30.2 Å². The maximum absolute atomic E-state index is 12.4. The van der Waals surface area contributed by atoms with Gasteiger partial charge in [0.2, 0.25) is 0 Å². The van der Waals surface area contributed by atoms with Gasteiger partial charge in [-0.2, -0.15) is 0 Å². The molecular weight excluding hydrogens is 356 g/mol. The fourth-order valence-electron chi connectivity index (χ4n) is 5.78. The molecular formula is C21H36N4OS. The maximum atomic E-state index is 12.4. The molecule has 4 rings (SSSR count). The Hall–Kier alpha value is -1.04. The maximum Gasteiger partial charge on any atom is 0.315 e. The summed E-state index contributed by atoms with van der Waals surface area (Å²) in [5.74, 6) is 0. The third kappa shape index (κ3) is 4.87. The van der Waals surface area contributed by atoms with Gasteiger partial charge in [-0.15, -0.1) is 0 Å². The van der Waals surface area contributed by atoms with Crippen LogP contribution in [0.1, 0.15) is 89.9 Å². The van der Waals surface area contributed by atoms with E-state index in [1.807, 2.05) is 0 Å². The molecule has 2 saturated heterocycles. The van der Waals surface area contributed by atoms with E-state index in [-0.39, 0.29) is 6.03 Å². The van der Waals surface area contributed by atoms with Crippen LogP contribution in [-0.4, -0.2) is 46.3 Å². The highest BCUT2D eigenvalue weighted by Crippen LogP contribution is 2.36. The molecule has 4 aliphatic rings. The summed E-state index contributed by atoms with van der Waals surface area (Å²) in [6.07, 6.45) is 17.1. The number of hydrogen-bond acceptors (Lipinski definition) is 2. The normalized spacial score (nSPS) is 32.1. The van der Waals surface area contributed by atoms with Crippen molar-refractivity contribution in [2.24, 2.45) is 0 Å². The second-order valence-corrected chi connectivity index (χ2v) is 9.58. The minimum Gasteiger partial charge on any atom is -0.360 e. The first-order chi connectivity index (χ1) is 13.2. The zero-order valence-corrected chi connectivity index (χ0v) is 17.4. The van der Waals surface area contributed by atoms with Crippen LogP contribution in [0.5, 0.6) is 0 Å². The van der Waals surface area contributed by atoms with E-state index in [2.05, 4.69) is 20.9 Å². The number of hydrogen-bond donors (Lipinski definition) is 3. The van der Waals surface area contributed by atoms with Gasteiger partial charge >= 0.3 is 6.03 Å². The molecule has 3 N–H and O–H groups in total. The largest absolute Gasteiger partial charge is 0.360 e. The highest BCUT2D eigenvalue weighted by atomic mass is 32.1. The second kappa shape index (κ2) is 8.97. The van der Waals surface area contributed by atoms with Gasteiger partial charge in [0.25, 0.3) is 0 Å². The number of carbonyl (C=O) groups is 1. The topological polar surface area (TPSA) is 56.4 Å². The van der Waals surface area contributed by atoms with Crippen LogP contribution in [0.25, 0.3) is 0 Å². The number of carbonyl (C=O) groups excluding carboxylic acids is 1. The average molecular weight is 393 g/mol.